The third-order valence-corrected chi connectivity index (χ3v) is 8.23. The first kappa shape index (κ1) is 30.2. The number of halogens is 1. The van der Waals surface area contributed by atoms with Crippen molar-refractivity contribution in [2.24, 2.45) is 0 Å². The van der Waals surface area contributed by atoms with Gasteiger partial charge in [0.1, 0.15) is 5.75 Å². The second-order valence-corrected chi connectivity index (χ2v) is 10.9. The molecule has 43 heavy (non-hydrogen) atoms. The van der Waals surface area contributed by atoms with Crippen molar-refractivity contribution >= 4 is 61.5 Å². The van der Waals surface area contributed by atoms with Crippen LogP contribution in [-0.2, 0) is 20.9 Å². The number of amides is 3. The van der Waals surface area contributed by atoms with Crippen LogP contribution < -0.4 is 25.2 Å². The van der Waals surface area contributed by atoms with Gasteiger partial charge in [-0.1, -0.05) is 65.3 Å². The van der Waals surface area contributed by atoms with Crippen LogP contribution >= 0.6 is 15.9 Å². The third-order valence-electron chi connectivity index (χ3n) is 7.53. The van der Waals surface area contributed by atoms with Gasteiger partial charge in [0.15, 0.2) is 6.04 Å². The number of methoxy groups -OCH3 is 1. The quantitative estimate of drug-likeness (QED) is 0.217. The topological polar surface area (TPSA) is 111 Å². The van der Waals surface area contributed by atoms with Crippen molar-refractivity contribution in [1.82, 2.24) is 10.6 Å². The molecule has 0 aromatic heterocycles. The van der Waals surface area contributed by atoms with Crippen LogP contribution in [-0.4, -0.2) is 55.2 Å². The van der Waals surface area contributed by atoms with Crippen molar-refractivity contribution in [3.05, 3.63) is 95.0 Å². The molecule has 0 bridgehead atoms. The fraction of sp³-hybridized carbons (Fsp3) is 0.242. The van der Waals surface area contributed by atoms with Crippen molar-refractivity contribution in [2.45, 2.75) is 32.0 Å². The number of fused-ring (bicyclic) bond motifs is 2. The number of anilines is 3. The van der Waals surface area contributed by atoms with E-state index < -0.39 is 29.8 Å². The molecule has 0 saturated carbocycles. The average Bonchev–Trinajstić information content (AvgIpc) is 3.11. The van der Waals surface area contributed by atoms with E-state index in [1.807, 2.05) is 67.6 Å². The van der Waals surface area contributed by atoms with Gasteiger partial charge in [0, 0.05) is 22.3 Å². The second kappa shape index (κ2) is 13.4. The molecule has 3 amide bonds. The summed E-state index contributed by atoms with van der Waals surface area (Å²) < 4.78 is 6.64. The van der Waals surface area contributed by atoms with Crippen LogP contribution in [0.15, 0.2) is 89.4 Å². The number of nitrogens with one attached hydrogen (secondary N) is 2. The molecule has 1 aliphatic heterocycles. The number of rotatable bonds is 10. The molecule has 0 spiro atoms. The molecule has 1 aliphatic rings. The Morgan fingerprint density at radius 2 is 1.65 bits per heavy atom. The number of carbonyl (C=O) groups excluding carboxylic acids is 3. The summed E-state index contributed by atoms with van der Waals surface area (Å²) in [5.74, 6) is -1.07. The van der Waals surface area contributed by atoms with E-state index in [4.69, 9.17) is 4.74 Å². The van der Waals surface area contributed by atoms with Gasteiger partial charge in [0.25, 0.3) is 11.8 Å². The molecular formula is C33H33BrN4O5. The Balaban J connectivity index is 1.67. The number of aliphatic hydroxyl groups excluding tert-OH is 1. The standard InChI is InChI=1S/C33H33BrN4O5/c1-3-26(35-18-19-39)31(40)36-30-32(41)37(20-24-22-12-9-13-25(34)23(22)16-17-29(24)43-2)27-14-7-8-15-28(27)38(33(30)42)21-10-5-4-6-11-21/h4-17,26,30,35,39H,3,18-20H2,1-2H3,(H,36,40)/t26-,30?/m0/s1. The van der Waals surface area contributed by atoms with Crippen LogP contribution in [0, 0.1) is 0 Å². The normalized spacial score (nSPS) is 15.7. The highest BCUT2D eigenvalue weighted by molar-refractivity contribution is 9.10. The molecule has 5 rings (SSSR count). The van der Waals surface area contributed by atoms with E-state index >= 15 is 0 Å². The van der Waals surface area contributed by atoms with Crippen molar-refractivity contribution in [3.63, 3.8) is 0 Å². The molecule has 10 heteroatoms. The highest BCUT2D eigenvalue weighted by Crippen LogP contribution is 2.40. The van der Waals surface area contributed by atoms with Gasteiger partial charge in [-0.25, -0.2) is 0 Å². The van der Waals surface area contributed by atoms with Crippen LogP contribution in [0.3, 0.4) is 0 Å². The third kappa shape index (κ3) is 5.99. The number of hydrogen-bond acceptors (Lipinski definition) is 6. The van der Waals surface area contributed by atoms with E-state index in [0.29, 0.717) is 29.2 Å². The highest BCUT2D eigenvalue weighted by Gasteiger charge is 2.42. The lowest BCUT2D eigenvalue weighted by atomic mass is 10.0. The number of nitrogens with zero attached hydrogens (tertiary/aromatic N) is 2. The smallest absolute Gasteiger partial charge is 0.264 e. The van der Waals surface area contributed by atoms with Gasteiger partial charge in [-0.2, -0.15) is 0 Å². The van der Waals surface area contributed by atoms with Crippen molar-refractivity contribution in [2.75, 3.05) is 30.1 Å². The van der Waals surface area contributed by atoms with Gasteiger partial charge >= 0.3 is 0 Å². The monoisotopic (exact) mass is 644 g/mol. The van der Waals surface area contributed by atoms with E-state index in [2.05, 4.69) is 26.6 Å². The van der Waals surface area contributed by atoms with Gasteiger partial charge in [0.05, 0.1) is 37.7 Å². The summed E-state index contributed by atoms with van der Waals surface area (Å²) in [4.78, 5) is 45.3. The lowest BCUT2D eigenvalue weighted by Gasteiger charge is -2.27. The molecule has 4 aromatic carbocycles. The largest absolute Gasteiger partial charge is 0.496 e. The van der Waals surface area contributed by atoms with E-state index in [1.54, 1.807) is 36.3 Å². The SMILES string of the molecule is CC[C@H](NCCO)C(=O)NC1C(=O)N(Cc2c(OC)ccc3c(Br)cccc23)c2ccccc2N(c2ccccc2)C1=O. The molecule has 1 unspecified atom stereocenters. The summed E-state index contributed by atoms with van der Waals surface area (Å²) in [5.41, 5.74) is 2.34. The lowest BCUT2D eigenvalue weighted by Crippen LogP contribution is -2.58. The van der Waals surface area contributed by atoms with Crippen molar-refractivity contribution < 1.29 is 24.2 Å². The summed E-state index contributed by atoms with van der Waals surface area (Å²) in [6.07, 6.45) is 0.398. The zero-order chi connectivity index (χ0) is 30.5. The van der Waals surface area contributed by atoms with Gasteiger partial charge in [0.2, 0.25) is 5.91 Å². The number of ether oxygens (including phenoxy) is 1. The zero-order valence-corrected chi connectivity index (χ0v) is 25.5. The van der Waals surface area contributed by atoms with Gasteiger partial charge in [-0.05, 0) is 59.7 Å². The lowest BCUT2D eigenvalue weighted by molar-refractivity contribution is -0.134. The van der Waals surface area contributed by atoms with E-state index in [0.717, 1.165) is 20.8 Å². The minimum Gasteiger partial charge on any atom is -0.496 e. The Kier molecular flexibility index (Phi) is 9.40. The molecule has 0 aliphatic carbocycles. The molecule has 9 nitrogen and oxygen atoms in total. The highest BCUT2D eigenvalue weighted by atomic mass is 79.9. The average molecular weight is 646 g/mol. The van der Waals surface area contributed by atoms with Crippen molar-refractivity contribution in [3.8, 4) is 5.75 Å². The fourth-order valence-electron chi connectivity index (χ4n) is 5.42. The first-order valence-electron chi connectivity index (χ1n) is 14.1. The maximum absolute atomic E-state index is 14.5. The van der Waals surface area contributed by atoms with Crippen LogP contribution in [0.5, 0.6) is 5.75 Å². The van der Waals surface area contributed by atoms with Gasteiger partial charge < -0.3 is 25.4 Å². The van der Waals surface area contributed by atoms with E-state index in [1.165, 1.54) is 4.90 Å². The molecule has 2 atom stereocenters. The Bertz CT molecular complexity index is 1650. The molecule has 0 fully saturated rings. The van der Waals surface area contributed by atoms with Crippen LogP contribution in [0.25, 0.3) is 10.8 Å². The van der Waals surface area contributed by atoms with Crippen LogP contribution in [0.2, 0.25) is 0 Å². The predicted molar refractivity (Wildman–Crippen MR) is 171 cm³/mol. The summed E-state index contributed by atoms with van der Waals surface area (Å²) in [6, 6.07) is 23.7. The maximum atomic E-state index is 14.5. The Morgan fingerprint density at radius 1 is 0.930 bits per heavy atom. The number of carbonyl (C=O) groups is 3. The molecular weight excluding hydrogens is 612 g/mol. The van der Waals surface area contributed by atoms with E-state index in [-0.39, 0.29) is 19.7 Å². The van der Waals surface area contributed by atoms with Gasteiger partial charge in [-0.3, -0.25) is 19.3 Å². The van der Waals surface area contributed by atoms with E-state index in [9.17, 15) is 19.5 Å². The van der Waals surface area contributed by atoms with Gasteiger partial charge in [-0.15, -0.1) is 0 Å². The summed E-state index contributed by atoms with van der Waals surface area (Å²) in [6.45, 7) is 1.94. The molecule has 4 aromatic rings. The first-order chi connectivity index (χ1) is 20.9. The summed E-state index contributed by atoms with van der Waals surface area (Å²) in [7, 11) is 1.58. The summed E-state index contributed by atoms with van der Waals surface area (Å²) >= 11 is 3.63. The summed E-state index contributed by atoms with van der Waals surface area (Å²) in [5, 5.41) is 16.8. The number of benzene rings is 4. The number of aliphatic hydroxyl groups is 1. The van der Waals surface area contributed by atoms with Crippen molar-refractivity contribution in [1.29, 1.82) is 0 Å². The second-order valence-electron chi connectivity index (χ2n) is 10.1. The Hall–Kier alpha value is -4.25. The Labute approximate surface area is 258 Å². The molecule has 1 heterocycles. The molecule has 0 saturated heterocycles. The predicted octanol–water partition coefficient (Wildman–Crippen LogP) is 4.67. The van der Waals surface area contributed by atoms with Crippen LogP contribution in [0.1, 0.15) is 18.9 Å². The van der Waals surface area contributed by atoms with Crippen LogP contribution in [0.4, 0.5) is 17.1 Å². The fourth-order valence-corrected chi connectivity index (χ4v) is 5.92. The maximum Gasteiger partial charge on any atom is 0.264 e. The Morgan fingerprint density at radius 3 is 2.35 bits per heavy atom. The minimum absolute atomic E-state index is 0.0784. The number of para-hydroxylation sites is 3. The number of hydrogen-bond donors (Lipinski definition) is 3. The minimum atomic E-state index is -1.52. The molecule has 0 radical (unpaired) electrons. The first-order valence-corrected chi connectivity index (χ1v) is 14.9. The molecule has 3 N–H and O–H groups in total. The molecule has 222 valence electrons. The zero-order valence-electron chi connectivity index (χ0n) is 23.9.